The maximum Gasteiger partial charge on any atom is 0.163 e. The molecule has 5 unspecified atom stereocenters. The molecule has 3 fully saturated rings. The van der Waals surface area contributed by atoms with Crippen LogP contribution < -0.4 is 0 Å². The van der Waals surface area contributed by atoms with Crippen LogP contribution in [0.4, 0.5) is 0 Å². The number of sulfone groups is 1. The van der Waals surface area contributed by atoms with Gasteiger partial charge in [0.2, 0.25) is 0 Å². The fourth-order valence-corrected chi connectivity index (χ4v) is 5.91. The molecule has 3 aliphatic rings. The molecule has 18 heavy (non-hydrogen) atoms. The van der Waals surface area contributed by atoms with Gasteiger partial charge in [-0.15, -0.1) is 0 Å². The third kappa shape index (κ3) is 2.22. The number of nitrogens with zero attached hydrogens (tertiary/aromatic N) is 1. The lowest BCUT2D eigenvalue weighted by Crippen LogP contribution is -2.46. The Kier molecular flexibility index (Phi) is 3.43. The number of hydrogen-bond acceptors (Lipinski definition) is 3. The van der Waals surface area contributed by atoms with Gasteiger partial charge in [-0.25, -0.2) is 8.42 Å². The van der Waals surface area contributed by atoms with Crippen molar-refractivity contribution in [3.63, 3.8) is 0 Å². The van der Waals surface area contributed by atoms with E-state index in [1.165, 1.54) is 44.8 Å². The second-order valence-corrected chi connectivity index (χ2v) is 8.74. The van der Waals surface area contributed by atoms with Crippen molar-refractivity contribution in [2.24, 2.45) is 11.8 Å². The maximum absolute atomic E-state index is 12.0. The summed E-state index contributed by atoms with van der Waals surface area (Å²) in [5, 5.41) is -0.178. The Morgan fingerprint density at radius 1 is 0.944 bits per heavy atom. The standard InChI is InChI=1S/C14H25NO2S/c1-18(16,17)14-9-8-11-10-15(14)13-7-5-3-2-4-6-12(11)13/h11-14H,2-10H2,1H3. The fourth-order valence-electron chi connectivity index (χ4n) is 4.62. The fraction of sp³-hybridized carbons (Fsp3) is 1.00. The second kappa shape index (κ2) is 4.78. The molecule has 0 aromatic heterocycles. The van der Waals surface area contributed by atoms with Gasteiger partial charge in [0.1, 0.15) is 5.37 Å². The molecule has 0 aromatic rings. The largest absolute Gasteiger partial charge is 0.284 e. The minimum Gasteiger partial charge on any atom is -0.284 e. The van der Waals surface area contributed by atoms with Crippen LogP contribution in [0.15, 0.2) is 0 Å². The Morgan fingerprint density at radius 3 is 2.39 bits per heavy atom. The van der Waals surface area contributed by atoms with Crippen LogP contribution in [0.3, 0.4) is 0 Å². The lowest BCUT2D eigenvalue weighted by molar-refractivity contribution is 0.172. The Bertz CT molecular complexity index is 406. The zero-order chi connectivity index (χ0) is 12.8. The van der Waals surface area contributed by atoms with E-state index < -0.39 is 9.84 Å². The van der Waals surface area contributed by atoms with E-state index in [-0.39, 0.29) is 5.37 Å². The highest BCUT2D eigenvalue weighted by atomic mass is 32.2. The van der Waals surface area contributed by atoms with Crippen molar-refractivity contribution in [2.75, 3.05) is 12.8 Å². The van der Waals surface area contributed by atoms with E-state index in [0.29, 0.717) is 6.04 Å². The van der Waals surface area contributed by atoms with Crippen LogP contribution in [0, 0.1) is 11.8 Å². The highest BCUT2D eigenvalue weighted by Gasteiger charge is 2.49. The van der Waals surface area contributed by atoms with E-state index in [1.54, 1.807) is 0 Å². The van der Waals surface area contributed by atoms with E-state index in [9.17, 15) is 8.42 Å². The van der Waals surface area contributed by atoms with Gasteiger partial charge in [-0.3, -0.25) is 4.90 Å². The molecule has 0 amide bonds. The normalized spacial score (nSPS) is 45.1. The zero-order valence-corrected chi connectivity index (χ0v) is 12.2. The summed E-state index contributed by atoms with van der Waals surface area (Å²) < 4.78 is 23.9. The van der Waals surface area contributed by atoms with Crippen molar-refractivity contribution in [1.82, 2.24) is 4.90 Å². The molecule has 3 nitrogen and oxygen atoms in total. The molecule has 0 spiro atoms. The summed E-state index contributed by atoms with van der Waals surface area (Å²) in [7, 11) is -2.91. The SMILES string of the molecule is CS(=O)(=O)C1CCC2CN1C1CCCCCCC21. The third-order valence-corrected chi connectivity index (χ3v) is 6.90. The highest BCUT2D eigenvalue weighted by Crippen LogP contribution is 2.45. The molecule has 2 saturated heterocycles. The lowest BCUT2D eigenvalue weighted by Gasteiger charge is -2.34. The molecule has 2 bridgehead atoms. The number of rotatable bonds is 1. The molecule has 2 heterocycles. The summed E-state index contributed by atoms with van der Waals surface area (Å²) in [6.45, 7) is 1.05. The molecule has 0 aromatic carbocycles. The van der Waals surface area contributed by atoms with E-state index in [2.05, 4.69) is 4.90 Å². The van der Waals surface area contributed by atoms with Crippen molar-refractivity contribution in [3.05, 3.63) is 0 Å². The van der Waals surface area contributed by atoms with Gasteiger partial charge >= 0.3 is 0 Å². The molecule has 1 saturated carbocycles. The number of fused-ring (bicyclic) bond motifs is 5. The van der Waals surface area contributed by atoms with Crippen LogP contribution in [-0.4, -0.2) is 37.5 Å². The van der Waals surface area contributed by atoms with Gasteiger partial charge in [-0.05, 0) is 37.5 Å². The molecule has 3 rings (SSSR count). The number of piperidine rings is 1. The summed E-state index contributed by atoms with van der Waals surface area (Å²) in [6.07, 6.45) is 11.4. The van der Waals surface area contributed by atoms with E-state index in [4.69, 9.17) is 0 Å². The third-order valence-electron chi connectivity index (χ3n) is 5.41. The van der Waals surface area contributed by atoms with E-state index in [0.717, 1.165) is 31.2 Å². The van der Waals surface area contributed by atoms with Crippen LogP contribution in [0.5, 0.6) is 0 Å². The van der Waals surface area contributed by atoms with Gasteiger partial charge < -0.3 is 0 Å². The predicted molar refractivity (Wildman–Crippen MR) is 73.0 cm³/mol. The molecule has 0 N–H and O–H groups in total. The minimum absolute atomic E-state index is 0.178. The molecule has 1 aliphatic carbocycles. The van der Waals surface area contributed by atoms with Gasteiger partial charge in [-0.1, -0.05) is 25.7 Å². The summed E-state index contributed by atoms with van der Waals surface area (Å²) in [5.74, 6) is 1.57. The molecule has 104 valence electrons. The summed E-state index contributed by atoms with van der Waals surface area (Å²) in [5.41, 5.74) is 0. The van der Waals surface area contributed by atoms with Gasteiger partial charge in [0.15, 0.2) is 9.84 Å². The first-order chi connectivity index (χ1) is 8.57. The Hall–Kier alpha value is -0.0900. The van der Waals surface area contributed by atoms with Crippen LogP contribution >= 0.6 is 0 Å². The topological polar surface area (TPSA) is 37.4 Å². The Labute approximate surface area is 111 Å². The zero-order valence-electron chi connectivity index (χ0n) is 11.3. The summed E-state index contributed by atoms with van der Waals surface area (Å²) in [4.78, 5) is 2.36. The predicted octanol–water partition coefficient (Wildman–Crippen LogP) is 2.42. The van der Waals surface area contributed by atoms with Crippen molar-refractivity contribution in [3.8, 4) is 0 Å². The van der Waals surface area contributed by atoms with Gasteiger partial charge in [0.05, 0.1) is 0 Å². The van der Waals surface area contributed by atoms with Crippen molar-refractivity contribution in [2.45, 2.75) is 62.8 Å². The lowest BCUT2D eigenvalue weighted by atomic mass is 9.81. The van der Waals surface area contributed by atoms with Crippen LogP contribution in [0.2, 0.25) is 0 Å². The molecule has 4 heteroatoms. The Balaban J connectivity index is 1.85. The van der Waals surface area contributed by atoms with Crippen molar-refractivity contribution >= 4 is 9.84 Å². The maximum atomic E-state index is 12.0. The smallest absolute Gasteiger partial charge is 0.163 e. The highest BCUT2D eigenvalue weighted by molar-refractivity contribution is 7.91. The number of hydrogen-bond donors (Lipinski definition) is 0. The van der Waals surface area contributed by atoms with Crippen LogP contribution in [-0.2, 0) is 9.84 Å². The van der Waals surface area contributed by atoms with Gasteiger partial charge in [0, 0.05) is 18.8 Å². The molecule has 0 radical (unpaired) electrons. The van der Waals surface area contributed by atoms with Gasteiger partial charge in [-0.2, -0.15) is 0 Å². The van der Waals surface area contributed by atoms with Crippen molar-refractivity contribution in [1.29, 1.82) is 0 Å². The average molecular weight is 271 g/mol. The van der Waals surface area contributed by atoms with E-state index in [1.807, 2.05) is 0 Å². The monoisotopic (exact) mass is 271 g/mol. The molecule has 2 aliphatic heterocycles. The first kappa shape index (κ1) is 12.9. The van der Waals surface area contributed by atoms with E-state index >= 15 is 0 Å². The van der Waals surface area contributed by atoms with Crippen LogP contribution in [0.25, 0.3) is 0 Å². The molecular weight excluding hydrogens is 246 g/mol. The second-order valence-electron chi connectivity index (χ2n) is 6.54. The Morgan fingerprint density at radius 2 is 1.67 bits per heavy atom. The van der Waals surface area contributed by atoms with Crippen LogP contribution in [0.1, 0.15) is 51.4 Å². The summed E-state index contributed by atoms with van der Waals surface area (Å²) in [6, 6.07) is 0.567. The molecular formula is C14H25NO2S. The summed E-state index contributed by atoms with van der Waals surface area (Å²) >= 11 is 0. The molecule has 5 atom stereocenters. The quantitative estimate of drug-likeness (QED) is 0.735. The average Bonchev–Trinajstić information content (AvgIpc) is 2.49. The first-order valence-corrected chi connectivity index (χ1v) is 9.47. The van der Waals surface area contributed by atoms with Gasteiger partial charge in [0.25, 0.3) is 0 Å². The first-order valence-electron chi connectivity index (χ1n) is 7.52. The van der Waals surface area contributed by atoms with Crippen molar-refractivity contribution < 1.29 is 8.42 Å². The minimum atomic E-state index is -2.91.